The van der Waals surface area contributed by atoms with E-state index < -0.39 is 5.82 Å². The van der Waals surface area contributed by atoms with E-state index in [0.717, 1.165) is 30.9 Å². The van der Waals surface area contributed by atoms with Gasteiger partial charge in [-0.2, -0.15) is 0 Å². The van der Waals surface area contributed by atoms with Crippen molar-refractivity contribution in [3.05, 3.63) is 60.1 Å². The molecule has 2 heterocycles. The Morgan fingerprint density at radius 1 is 1.42 bits per heavy atom. The van der Waals surface area contributed by atoms with Crippen molar-refractivity contribution in [1.82, 2.24) is 10.2 Å². The molecule has 2 N–H and O–H groups in total. The van der Waals surface area contributed by atoms with Gasteiger partial charge in [-0.3, -0.25) is 5.32 Å². The zero-order chi connectivity index (χ0) is 22.2. The molecule has 4 unspecified atom stereocenters. The third kappa shape index (κ3) is 4.58. The molecule has 3 aliphatic rings. The lowest BCUT2D eigenvalue weighted by Crippen LogP contribution is -2.48. The van der Waals surface area contributed by atoms with Gasteiger partial charge in [-0.1, -0.05) is 30.4 Å². The molecule has 31 heavy (non-hydrogen) atoms. The first-order chi connectivity index (χ1) is 14.8. The number of phenols is 1. The number of amidine groups is 1. The summed E-state index contributed by atoms with van der Waals surface area (Å²) in [6, 6.07) is 4.05. The van der Waals surface area contributed by atoms with Crippen molar-refractivity contribution in [3.63, 3.8) is 0 Å². The molecule has 1 aromatic rings. The van der Waals surface area contributed by atoms with Crippen LogP contribution >= 0.6 is 0 Å². The number of nitrogens with one attached hydrogen (secondary N) is 1. The molecule has 4 atom stereocenters. The van der Waals surface area contributed by atoms with Crippen LogP contribution in [-0.4, -0.2) is 34.5 Å². The highest BCUT2D eigenvalue weighted by Crippen LogP contribution is 2.60. The van der Waals surface area contributed by atoms with E-state index in [4.69, 9.17) is 0 Å². The molecule has 6 heteroatoms. The van der Waals surface area contributed by atoms with Crippen LogP contribution in [0.25, 0.3) is 6.08 Å². The van der Waals surface area contributed by atoms with E-state index in [0.29, 0.717) is 30.3 Å². The Balaban J connectivity index is 1.41. The molecule has 2 amide bonds. The average molecular weight is 424 g/mol. The first-order valence-electron chi connectivity index (χ1n) is 10.9. The number of urea groups is 1. The van der Waals surface area contributed by atoms with Crippen LogP contribution in [0.1, 0.15) is 45.1 Å². The highest BCUT2D eigenvalue weighted by Gasteiger charge is 2.54. The zero-order valence-corrected chi connectivity index (χ0v) is 18.1. The number of aromatic hydroxyl groups is 1. The number of rotatable bonds is 3. The molecule has 164 valence electrons. The van der Waals surface area contributed by atoms with E-state index >= 15 is 0 Å². The Morgan fingerprint density at radius 3 is 2.97 bits per heavy atom. The number of hydrogen-bond acceptors (Lipinski definition) is 3. The molecule has 0 aromatic heterocycles. The molecule has 1 saturated carbocycles. The second-order valence-electron chi connectivity index (χ2n) is 9.21. The van der Waals surface area contributed by atoms with Crippen molar-refractivity contribution in [1.29, 1.82) is 0 Å². The molecule has 4 rings (SSSR count). The summed E-state index contributed by atoms with van der Waals surface area (Å²) in [5.74, 6) is 0.911. The lowest BCUT2D eigenvalue weighted by Gasteiger charge is -2.30. The second kappa shape index (κ2) is 8.33. The number of halogens is 1. The van der Waals surface area contributed by atoms with Crippen LogP contribution in [0, 0.1) is 23.1 Å². The molecule has 0 radical (unpaired) electrons. The van der Waals surface area contributed by atoms with Gasteiger partial charge in [0.05, 0.1) is 0 Å². The van der Waals surface area contributed by atoms with Gasteiger partial charge in [-0.15, -0.1) is 0 Å². The Kier molecular flexibility index (Phi) is 5.73. The van der Waals surface area contributed by atoms with Crippen LogP contribution in [0.2, 0.25) is 0 Å². The monoisotopic (exact) mass is 423 g/mol. The predicted molar refractivity (Wildman–Crippen MR) is 121 cm³/mol. The molecule has 1 aromatic carbocycles. The molecule has 0 bridgehead atoms. The zero-order valence-electron chi connectivity index (χ0n) is 18.1. The third-order valence-corrected chi connectivity index (χ3v) is 6.90. The summed E-state index contributed by atoms with van der Waals surface area (Å²) in [6.07, 6.45) is 11.3. The van der Waals surface area contributed by atoms with E-state index in [1.165, 1.54) is 6.07 Å². The second-order valence-corrected chi connectivity index (χ2v) is 9.21. The van der Waals surface area contributed by atoms with Crippen molar-refractivity contribution in [3.8, 4) is 5.75 Å². The van der Waals surface area contributed by atoms with E-state index in [2.05, 4.69) is 29.9 Å². The summed E-state index contributed by atoms with van der Waals surface area (Å²) in [6.45, 7) is 8.79. The summed E-state index contributed by atoms with van der Waals surface area (Å²) in [4.78, 5) is 19.2. The first kappa shape index (κ1) is 21.3. The molecular formula is C25H30FN3O2. The Labute approximate surface area is 183 Å². The Hall–Kier alpha value is -2.89. The van der Waals surface area contributed by atoms with E-state index in [1.54, 1.807) is 12.3 Å². The number of benzene rings is 1. The van der Waals surface area contributed by atoms with E-state index in [1.807, 2.05) is 24.0 Å². The lowest BCUT2D eigenvalue weighted by atomic mass is 9.93. The highest BCUT2D eigenvalue weighted by molar-refractivity contribution is 5.98. The lowest BCUT2D eigenvalue weighted by molar-refractivity contribution is 0.180. The van der Waals surface area contributed by atoms with Crippen molar-refractivity contribution in [2.75, 3.05) is 6.54 Å². The van der Waals surface area contributed by atoms with E-state index in [9.17, 15) is 14.3 Å². The average Bonchev–Trinajstić information content (AvgIpc) is 3.41. The van der Waals surface area contributed by atoms with Crippen molar-refractivity contribution in [2.24, 2.45) is 22.2 Å². The number of carbonyl (C=O) groups is 1. The van der Waals surface area contributed by atoms with Crippen LogP contribution in [0.4, 0.5) is 9.18 Å². The van der Waals surface area contributed by atoms with Crippen molar-refractivity contribution in [2.45, 2.75) is 45.6 Å². The molecule has 0 spiro atoms. The van der Waals surface area contributed by atoms with Gasteiger partial charge in [0.2, 0.25) is 0 Å². The minimum atomic E-state index is -0.450. The number of hydrogen-bond donors (Lipinski definition) is 2. The molecular weight excluding hydrogens is 393 g/mol. The first-order valence-corrected chi connectivity index (χ1v) is 10.9. The minimum absolute atomic E-state index is 0.0331. The number of phenolic OH excluding ortho intramolecular Hbond substituents is 1. The van der Waals surface area contributed by atoms with Gasteiger partial charge in [-0.25, -0.2) is 14.2 Å². The fraction of sp³-hybridized carbons (Fsp3) is 0.440. The molecule has 1 saturated heterocycles. The van der Waals surface area contributed by atoms with Crippen LogP contribution in [0.15, 0.2) is 53.7 Å². The van der Waals surface area contributed by atoms with Gasteiger partial charge in [0.1, 0.15) is 17.4 Å². The van der Waals surface area contributed by atoms with Crippen molar-refractivity contribution >= 4 is 17.9 Å². The Bertz CT molecular complexity index is 983. The number of amides is 2. The quantitative estimate of drug-likeness (QED) is 0.652. The molecule has 5 nitrogen and oxygen atoms in total. The predicted octanol–water partition coefficient (Wildman–Crippen LogP) is 5.25. The topological polar surface area (TPSA) is 64.9 Å². The number of fused-ring (bicyclic) bond motifs is 1. The number of likely N-dealkylation sites (tertiary alicyclic amines) is 1. The van der Waals surface area contributed by atoms with Gasteiger partial charge in [-0.05, 0) is 56.6 Å². The van der Waals surface area contributed by atoms with Crippen LogP contribution in [0.3, 0.4) is 0 Å². The van der Waals surface area contributed by atoms with Gasteiger partial charge < -0.3 is 10.0 Å². The fourth-order valence-electron chi connectivity index (χ4n) is 4.89. The third-order valence-electron chi connectivity index (χ3n) is 6.90. The highest BCUT2D eigenvalue weighted by atomic mass is 19.1. The van der Waals surface area contributed by atoms with E-state index in [-0.39, 0.29) is 29.2 Å². The summed E-state index contributed by atoms with van der Waals surface area (Å²) in [7, 11) is 0. The summed E-state index contributed by atoms with van der Waals surface area (Å²) in [5, 5.41) is 13.0. The molecule has 2 fully saturated rings. The van der Waals surface area contributed by atoms with Crippen LogP contribution in [0.5, 0.6) is 5.75 Å². The number of aliphatic imine (C=N–C) groups is 1. The maximum Gasteiger partial charge on any atom is 0.322 e. The molecule has 1 aliphatic carbocycles. The maximum absolute atomic E-state index is 13.2. The van der Waals surface area contributed by atoms with Gasteiger partial charge in [0.15, 0.2) is 0 Å². The fourth-order valence-corrected chi connectivity index (χ4v) is 4.89. The maximum atomic E-state index is 13.2. The number of carbonyl (C=O) groups excluding carboxylic acids is 1. The smallest absolute Gasteiger partial charge is 0.322 e. The normalized spacial score (nSPS) is 29.8. The number of allylic oxidation sites excluding steroid dienone is 3. The Morgan fingerprint density at radius 2 is 2.23 bits per heavy atom. The van der Waals surface area contributed by atoms with Gasteiger partial charge >= 0.3 is 6.03 Å². The SMILES string of the molecule is C=C(C)C1C=CN=C(NC(=O)N2CCC3CC3(C=Cc3ccc(F)cc3O)CC2C)C1. The number of nitrogens with zero attached hydrogens (tertiary/aromatic N) is 2. The van der Waals surface area contributed by atoms with Crippen LogP contribution < -0.4 is 5.32 Å². The van der Waals surface area contributed by atoms with Crippen LogP contribution in [-0.2, 0) is 0 Å². The van der Waals surface area contributed by atoms with Crippen molar-refractivity contribution < 1.29 is 14.3 Å². The summed E-state index contributed by atoms with van der Waals surface area (Å²) >= 11 is 0. The minimum Gasteiger partial charge on any atom is -0.507 e. The molecule has 2 aliphatic heterocycles. The van der Waals surface area contributed by atoms with Gasteiger partial charge in [0, 0.05) is 42.8 Å². The standard InChI is InChI=1S/C25H30FN3O2/c1-16(2)19-7-10-27-23(12-19)28-24(31)29-11-8-20-15-25(20,14-17(29)3)9-6-18-4-5-21(26)13-22(18)30/h4-7,9-10,13,17,19-20,30H,1,8,11-12,14-15H2,2-3H3,(H,27,28,31). The summed E-state index contributed by atoms with van der Waals surface area (Å²) in [5.41, 5.74) is 1.70. The van der Waals surface area contributed by atoms with Gasteiger partial charge in [0.25, 0.3) is 0 Å². The largest absolute Gasteiger partial charge is 0.507 e. The summed E-state index contributed by atoms with van der Waals surface area (Å²) < 4.78 is 13.2.